The molecule has 0 atom stereocenters. The first kappa shape index (κ1) is 23.0. The molecule has 3 rings (SSSR count). The number of halogens is 1. The predicted molar refractivity (Wildman–Crippen MR) is 112 cm³/mol. The Morgan fingerprint density at radius 2 is 1.80 bits per heavy atom. The number of nitrogens with zero attached hydrogens (tertiary/aromatic N) is 1. The van der Waals surface area contributed by atoms with Crippen molar-refractivity contribution in [1.29, 1.82) is 0 Å². The highest BCUT2D eigenvalue weighted by Crippen LogP contribution is 2.28. The summed E-state index contributed by atoms with van der Waals surface area (Å²) in [5.74, 6) is -1.28. The van der Waals surface area contributed by atoms with Gasteiger partial charge in [-0.2, -0.15) is 4.31 Å². The van der Waals surface area contributed by atoms with E-state index < -0.39 is 28.5 Å². The molecule has 2 saturated heterocycles. The lowest BCUT2D eigenvalue weighted by atomic mass is 10.0. The maximum atomic E-state index is 13.0. The third-order valence-corrected chi connectivity index (χ3v) is 7.54. The van der Waals surface area contributed by atoms with Gasteiger partial charge in [-0.05, 0) is 43.9 Å². The smallest absolute Gasteiger partial charge is 0.309 e. The van der Waals surface area contributed by atoms with Crippen molar-refractivity contribution < 1.29 is 27.5 Å². The van der Waals surface area contributed by atoms with Crippen LogP contribution in [0.1, 0.15) is 38.5 Å². The summed E-state index contributed by atoms with van der Waals surface area (Å²) in [7, 11) is -3.67. The van der Waals surface area contributed by atoms with Crippen molar-refractivity contribution >= 4 is 39.2 Å². The number of carbonyl (C=O) groups excluding carboxylic acids is 2. The number of hydrogen-bond donors (Lipinski definition) is 1. The number of esters is 1. The van der Waals surface area contributed by atoms with Crippen LogP contribution in [0.3, 0.4) is 0 Å². The van der Waals surface area contributed by atoms with Crippen molar-refractivity contribution in [1.82, 2.24) is 4.31 Å². The summed E-state index contributed by atoms with van der Waals surface area (Å²) in [5.41, 5.74) is 0.166. The van der Waals surface area contributed by atoms with Crippen LogP contribution >= 0.6 is 11.6 Å². The summed E-state index contributed by atoms with van der Waals surface area (Å²) in [5, 5.41) is 2.74. The van der Waals surface area contributed by atoms with Gasteiger partial charge in [-0.1, -0.05) is 24.4 Å². The quantitative estimate of drug-likeness (QED) is 0.657. The number of amides is 1. The van der Waals surface area contributed by atoms with Gasteiger partial charge in [0.15, 0.2) is 6.61 Å². The number of rotatable bonds is 6. The number of hydrogen-bond acceptors (Lipinski definition) is 6. The third kappa shape index (κ3) is 5.94. The van der Waals surface area contributed by atoms with Gasteiger partial charge in [-0.15, -0.1) is 0 Å². The van der Waals surface area contributed by atoms with E-state index >= 15 is 0 Å². The Labute approximate surface area is 181 Å². The topological polar surface area (TPSA) is 102 Å². The fraction of sp³-hybridized carbons (Fsp3) is 0.600. The van der Waals surface area contributed by atoms with Crippen LogP contribution in [0.15, 0.2) is 23.1 Å². The molecule has 0 radical (unpaired) electrons. The highest BCUT2D eigenvalue weighted by molar-refractivity contribution is 7.89. The fourth-order valence-electron chi connectivity index (χ4n) is 3.57. The van der Waals surface area contributed by atoms with Crippen molar-refractivity contribution in [2.24, 2.45) is 5.92 Å². The van der Waals surface area contributed by atoms with E-state index in [0.717, 1.165) is 25.7 Å². The van der Waals surface area contributed by atoms with Crippen LogP contribution in [-0.4, -0.2) is 57.5 Å². The van der Waals surface area contributed by atoms with Gasteiger partial charge >= 0.3 is 5.97 Å². The molecule has 1 amide bonds. The van der Waals surface area contributed by atoms with Crippen LogP contribution in [-0.2, 0) is 29.1 Å². The first-order valence-corrected chi connectivity index (χ1v) is 12.0. The van der Waals surface area contributed by atoms with Gasteiger partial charge in [0.05, 0.1) is 21.5 Å². The molecule has 0 spiro atoms. The van der Waals surface area contributed by atoms with Crippen molar-refractivity contribution in [3.63, 3.8) is 0 Å². The normalized spacial score (nSPS) is 19.1. The second-order valence-corrected chi connectivity index (χ2v) is 9.85. The molecule has 0 saturated carbocycles. The molecule has 10 heteroatoms. The van der Waals surface area contributed by atoms with Crippen LogP contribution in [0.2, 0.25) is 5.02 Å². The lowest BCUT2D eigenvalue weighted by Crippen LogP contribution is -2.32. The summed E-state index contributed by atoms with van der Waals surface area (Å²) < 4.78 is 37.7. The second-order valence-electron chi connectivity index (χ2n) is 7.50. The standard InChI is InChI=1S/C20H27ClN2O6S/c21-17-6-5-16(30(26,27)23-9-3-1-2-4-10-23)13-18(17)22-19(24)14-29-20(25)15-7-11-28-12-8-15/h5-6,13,15H,1-4,7-12,14H2,(H,22,24). The maximum Gasteiger partial charge on any atom is 0.309 e. The largest absolute Gasteiger partial charge is 0.455 e. The maximum absolute atomic E-state index is 13.0. The zero-order chi connectivity index (χ0) is 21.6. The minimum absolute atomic E-state index is 0.0725. The monoisotopic (exact) mass is 458 g/mol. The molecule has 1 N–H and O–H groups in total. The number of anilines is 1. The Bertz CT molecular complexity index is 862. The zero-order valence-corrected chi connectivity index (χ0v) is 18.3. The molecule has 1 aromatic rings. The minimum atomic E-state index is -3.67. The van der Waals surface area contributed by atoms with Crippen LogP contribution in [0.5, 0.6) is 0 Å². The Morgan fingerprint density at radius 3 is 2.47 bits per heavy atom. The summed E-state index contributed by atoms with van der Waals surface area (Å²) in [6.07, 6.45) is 4.83. The summed E-state index contributed by atoms with van der Waals surface area (Å²) in [4.78, 5) is 24.3. The van der Waals surface area contributed by atoms with Crippen molar-refractivity contribution in [3.05, 3.63) is 23.2 Å². The molecule has 2 aliphatic heterocycles. The van der Waals surface area contributed by atoms with E-state index in [4.69, 9.17) is 21.1 Å². The number of sulfonamides is 1. The molecule has 2 aliphatic rings. The molecule has 2 fully saturated rings. The van der Waals surface area contributed by atoms with Crippen molar-refractivity contribution in [2.75, 3.05) is 38.2 Å². The molecule has 0 unspecified atom stereocenters. The van der Waals surface area contributed by atoms with E-state index in [1.54, 1.807) is 0 Å². The summed E-state index contributed by atoms with van der Waals surface area (Å²) in [6, 6.07) is 4.22. The fourth-order valence-corrected chi connectivity index (χ4v) is 5.27. The number of benzene rings is 1. The van der Waals surface area contributed by atoms with E-state index in [9.17, 15) is 18.0 Å². The van der Waals surface area contributed by atoms with Crippen molar-refractivity contribution in [3.8, 4) is 0 Å². The Hall–Kier alpha value is -1.68. The second kappa shape index (κ2) is 10.6. The number of nitrogens with one attached hydrogen (secondary N) is 1. The highest BCUT2D eigenvalue weighted by Gasteiger charge is 2.27. The third-order valence-electron chi connectivity index (χ3n) is 5.31. The first-order valence-electron chi connectivity index (χ1n) is 10.2. The first-order chi connectivity index (χ1) is 14.4. The summed E-state index contributed by atoms with van der Waals surface area (Å²) in [6.45, 7) is 1.50. The highest BCUT2D eigenvalue weighted by atomic mass is 35.5. The van der Waals surface area contributed by atoms with Gasteiger partial charge in [0, 0.05) is 26.3 Å². The molecular formula is C20H27ClN2O6S. The number of carbonyl (C=O) groups is 2. The Morgan fingerprint density at radius 1 is 1.13 bits per heavy atom. The molecule has 0 bridgehead atoms. The van der Waals surface area contributed by atoms with Gasteiger partial charge in [-0.25, -0.2) is 8.42 Å². The Kier molecular flexibility index (Phi) is 8.10. The van der Waals surface area contributed by atoms with Crippen LogP contribution in [0.4, 0.5) is 5.69 Å². The molecule has 30 heavy (non-hydrogen) atoms. The number of ether oxygens (including phenoxy) is 2. The molecular weight excluding hydrogens is 432 g/mol. The molecule has 1 aromatic carbocycles. The zero-order valence-electron chi connectivity index (χ0n) is 16.8. The van der Waals surface area contributed by atoms with Crippen LogP contribution in [0.25, 0.3) is 0 Å². The van der Waals surface area contributed by atoms with E-state index in [-0.39, 0.29) is 21.5 Å². The molecule has 0 aliphatic carbocycles. The van der Waals surface area contributed by atoms with Gasteiger partial charge < -0.3 is 14.8 Å². The predicted octanol–water partition coefficient (Wildman–Crippen LogP) is 2.81. The van der Waals surface area contributed by atoms with Gasteiger partial charge in [0.25, 0.3) is 5.91 Å². The molecule has 0 aromatic heterocycles. The minimum Gasteiger partial charge on any atom is -0.455 e. The van der Waals surface area contributed by atoms with Gasteiger partial charge in [0.2, 0.25) is 10.0 Å². The van der Waals surface area contributed by atoms with E-state index in [0.29, 0.717) is 39.1 Å². The van der Waals surface area contributed by atoms with Crippen LogP contribution < -0.4 is 5.32 Å². The molecule has 8 nitrogen and oxygen atoms in total. The van der Waals surface area contributed by atoms with Crippen LogP contribution in [0, 0.1) is 5.92 Å². The molecule has 2 heterocycles. The Balaban J connectivity index is 1.63. The SMILES string of the molecule is O=C(COC(=O)C1CCOCC1)Nc1cc(S(=O)(=O)N2CCCCCC2)ccc1Cl. The summed E-state index contributed by atoms with van der Waals surface area (Å²) >= 11 is 6.14. The average molecular weight is 459 g/mol. The average Bonchev–Trinajstić information content (AvgIpc) is 3.04. The van der Waals surface area contributed by atoms with Gasteiger partial charge in [-0.3, -0.25) is 9.59 Å². The van der Waals surface area contributed by atoms with E-state index in [1.807, 2.05) is 0 Å². The lowest BCUT2D eigenvalue weighted by Gasteiger charge is -2.21. The van der Waals surface area contributed by atoms with E-state index in [2.05, 4.69) is 5.32 Å². The van der Waals surface area contributed by atoms with E-state index in [1.165, 1.54) is 22.5 Å². The van der Waals surface area contributed by atoms with Gasteiger partial charge in [0.1, 0.15) is 0 Å². The van der Waals surface area contributed by atoms with Crippen molar-refractivity contribution in [2.45, 2.75) is 43.4 Å². The molecule has 166 valence electrons. The lowest BCUT2D eigenvalue weighted by molar-refractivity contribution is -0.154.